The van der Waals surface area contributed by atoms with Crippen molar-refractivity contribution in [1.29, 1.82) is 0 Å². The number of aliphatic hydroxyl groups is 1. The van der Waals surface area contributed by atoms with Crippen LogP contribution in [-0.2, 0) is 16.0 Å². The van der Waals surface area contributed by atoms with Gasteiger partial charge in [-0.2, -0.15) is 0 Å². The van der Waals surface area contributed by atoms with E-state index in [1.807, 2.05) is 30.3 Å². The molecule has 1 atom stereocenters. The Hall–Kier alpha value is -1.61. The first-order valence-corrected chi connectivity index (χ1v) is 5.29. The molecule has 1 unspecified atom stereocenters. The van der Waals surface area contributed by atoms with E-state index in [4.69, 9.17) is 4.74 Å². The summed E-state index contributed by atoms with van der Waals surface area (Å²) < 4.78 is 4.71. The molecule has 1 aromatic carbocycles. The van der Waals surface area contributed by atoms with Gasteiger partial charge >= 0.3 is 5.97 Å². The molecule has 16 heavy (non-hydrogen) atoms. The van der Waals surface area contributed by atoms with Crippen LogP contribution < -0.4 is 0 Å². The first kappa shape index (κ1) is 12.5. The van der Waals surface area contributed by atoms with E-state index in [9.17, 15) is 9.90 Å². The van der Waals surface area contributed by atoms with Crippen molar-refractivity contribution in [1.82, 2.24) is 0 Å². The van der Waals surface area contributed by atoms with Crippen LogP contribution in [0.15, 0.2) is 42.5 Å². The highest BCUT2D eigenvalue weighted by atomic mass is 16.5. The van der Waals surface area contributed by atoms with Crippen LogP contribution in [-0.4, -0.2) is 23.8 Å². The van der Waals surface area contributed by atoms with Gasteiger partial charge < -0.3 is 9.84 Å². The Labute approximate surface area is 95.4 Å². The zero-order valence-electron chi connectivity index (χ0n) is 9.30. The molecule has 0 aliphatic rings. The van der Waals surface area contributed by atoms with Gasteiger partial charge in [0.05, 0.1) is 12.7 Å². The highest BCUT2D eigenvalue weighted by molar-refractivity contribution is 5.81. The number of carbonyl (C=O) groups is 1. The van der Waals surface area contributed by atoms with Crippen molar-refractivity contribution in [2.75, 3.05) is 6.61 Å². The van der Waals surface area contributed by atoms with Crippen LogP contribution in [0, 0.1) is 0 Å². The maximum atomic E-state index is 11.0. The maximum Gasteiger partial charge on any atom is 0.330 e. The van der Waals surface area contributed by atoms with E-state index >= 15 is 0 Å². The fourth-order valence-electron chi connectivity index (χ4n) is 1.30. The summed E-state index contributed by atoms with van der Waals surface area (Å²) in [4.78, 5) is 11.0. The molecule has 0 aliphatic carbocycles. The Balaban J connectivity index is 2.41. The highest BCUT2D eigenvalue weighted by Crippen LogP contribution is 2.03. The summed E-state index contributed by atoms with van der Waals surface area (Å²) in [7, 11) is 0. The third-order valence-corrected chi connectivity index (χ3v) is 2.03. The summed E-state index contributed by atoms with van der Waals surface area (Å²) >= 11 is 0. The standard InChI is InChI=1S/C13H16O3/c1-2-16-13(15)9-8-12(14)10-11-6-4-3-5-7-11/h3-9,12,14H,2,10H2,1H3/b9-8+. The van der Waals surface area contributed by atoms with Crippen LogP contribution in [0.5, 0.6) is 0 Å². The number of carbonyl (C=O) groups excluding carboxylic acids is 1. The van der Waals surface area contributed by atoms with Crippen LogP contribution >= 0.6 is 0 Å². The molecule has 0 aromatic heterocycles. The molecule has 0 saturated carbocycles. The van der Waals surface area contributed by atoms with E-state index in [-0.39, 0.29) is 0 Å². The summed E-state index contributed by atoms with van der Waals surface area (Å²) in [6, 6.07) is 9.61. The Morgan fingerprint density at radius 2 is 2.12 bits per heavy atom. The third-order valence-electron chi connectivity index (χ3n) is 2.03. The second kappa shape index (κ2) is 6.80. The van der Waals surface area contributed by atoms with Crippen molar-refractivity contribution in [3.63, 3.8) is 0 Å². The molecule has 3 nitrogen and oxygen atoms in total. The molecule has 0 bridgehead atoms. The average Bonchev–Trinajstić information content (AvgIpc) is 2.28. The smallest absolute Gasteiger partial charge is 0.330 e. The lowest BCUT2D eigenvalue weighted by Crippen LogP contribution is -2.08. The van der Waals surface area contributed by atoms with E-state index in [0.29, 0.717) is 13.0 Å². The maximum absolute atomic E-state index is 11.0. The van der Waals surface area contributed by atoms with Gasteiger partial charge in [0.25, 0.3) is 0 Å². The van der Waals surface area contributed by atoms with Crippen LogP contribution in [0.3, 0.4) is 0 Å². The van der Waals surface area contributed by atoms with Crippen LogP contribution in [0.25, 0.3) is 0 Å². The average molecular weight is 220 g/mol. The quantitative estimate of drug-likeness (QED) is 0.607. The van der Waals surface area contributed by atoms with Gasteiger partial charge in [0.2, 0.25) is 0 Å². The van der Waals surface area contributed by atoms with Crippen molar-refractivity contribution in [3.05, 3.63) is 48.0 Å². The normalized spacial score (nSPS) is 12.6. The van der Waals surface area contributed by atoms with E-state index in [2.05, 4.69) is 0 Å². The Morgan fingerprint density at radius 1 is 1.44 bits per heavy atom. The minimum Gasteiger partial charge on any atom is -0.463 e. The second-order valence-corrected chi connectivity index (χ2v) is 3.37. The molecule has 0 spiro atoms. The first-order chi connectivity index (χ1) is 7.72. The Kier molecular flexibility index (Phi) is 5.29. The largest absolute Gasteiger partial charge is 0.463 e. The number of benzene rings is 1. The van der Waals surface area contributed by atoms with Gasteiger partial charge in [-0.3, -0.25) is 0 Å². The highest BCUT2D eigenvalue weighted by Gasteiger charge is 2.02. The SMILES string of the molecule is CCOC(=O)/C=C/C(O)Cc1ccccc1. The number of esters is 1. The fourth-order valence-corrected chi connectivity index (χ4v) is 1.30. The number of hydrogen-bond donors (Lipinski definition) is 1. The zero-order chi connectivity index (χ0) is 11.8. The van der Waals surface area contributed by atoms with Crippen molar-refractivity contribution in [2.45, 2.75) is 19.4 Å². The lowest BCUT2D eigenvalue weighted by Gasteiger charge is -2.05. The van der Waals surface area contributed by atoms with Gasteiger partial charge in [-0.25, -0.2) is 4.79 Å². The Bertz CT molecular complexity index is 343. The van der Waals surface area contributed by atoms with Gasteiger partial charge in [0.1, 0.15) is 0 Å². The molecule has 0 heterocycles. The molecule has 1 aromatic rings. The van der Waals surface area contributed by atoms with E-state index in [1.54, 1.807) is 6.92 Å². The summed E-state index contributed by atoms with van der Waals surface area (Å²) in [6.07, 6.45) is 2.55. The summed E-state index contributed by atoms with van der Waals surface area (Å²) in [6.45, 7) is 2.09. The number of ether oxygens (including phenoxy) is 1. The number of hydrogen-bond acceptors (Lipinski definition) is 3. The first-order valence-electron chi connectivity index (χ1n) is 5.29. The van der Waals surface area contributed by atoms with Crippen LogP contribution in [0.1, 0.15) is 12.5 Å². The predicted molar refractivity (Wildman–Crippen MR) is 61.9 cm³/mol. The molecule has 0 aliphatic heterocycles. The number of aliphatic hydroxyl groups excluding tert-OH is 1. The van der Waals surface area contributed by atoms with Crippen molar-refractivity contribution < 1.29 is 14.6 Å². The van der Waals surface area contributed by atoms with Crippen molar-refractivity contribution in [2.24, 2.45) is 0 Å². The van der Waals surface area contributed by atoms with Gasteiger partial charge in [-0.1, -0.05) is 30.3 Å². The van der Waals surface area contributed by atoms with Gasteiger partial charge in [-0.15, -0.1) is 0 Å². The van der Waals surface area contributed by atoms with Crippen LogP contribution in [0.4, 0.5) is 0 Å². The summed E-state index contributed by atoms with van der Waals surface area (Å²) in [5.74, 6) is -0.422. The molecule has 1 rings (SSSR count). The van der Waals surface area contributed by atoms with Crippen molar-refractivity contribution >= 4 is 5.97 Å². The molecule has 0 amide bonds. The molecular formula is C13H16O3. The van der Waals surface area contributed by atoms with Gasteiger partial charge in [-0.05, 0) is 18.6 Å². The lowest BCUT2D eigenvalue weighted by atomic mass is 10.1. The minimum atomic E-state index is -0.660. The third kappa shape index (κ3) is 4.75. The molecule has 0 saturated heterocycles. The van der Waals surface area contributed by atoms with Gasteiger partial charge in [0.15, 0.2) is 0 Å². The molecular weight excluding hydrogens is 204 g/mol. The molecule has 0 radical (unpaired) electrons. The number of rotatable bonds is 5. The fraction of sp³-hybridized carbons (Fsp3) is 0.308. The van der Waals surface area contributed by atoms with E-state index in [0.717, 1.165) is 5.56 Å². The van der Waals surface area contributed by atoms with Crippen molar-refractivity contribution in [3.8, 4) is 0 Å². The molecule has 1 N–H and O–H groups in total. The predicted octanol–water partition coefficient (Wildman–Crippen LogP) is 1.71. The topological polar surface area (TPSA) is 46.5 Å². The summed E-state index contributed by atoms with van der Waals surface area (Å²) in [5.41, 5.74) is 1.03. The van der Waals surface area contributed by atoms with Crippen LogP contribution in [0.2, 0.25) is 0 Å². The monoisotopic (exact) mass is 220 g/mol. The molecule has 3 heteroatoms. The Morgan fingerprint density at radius 3 is 2.75 bits per heavy atom. The van der Waals surface area contributed by atoms with Gasteiger partial charge in [0, 0.05) is 12.5 Å². The lowest BCUT2D eigenvalue weighted by molar-refractivity contribution is -0.137. The molecule has 0 fully saturated rings. The second-order valence-electron chi connectivity index (χ2n) is 3.37. The van der Waals surface area contributed by atoms with E-state index in [1.165, 1.54) is 12.2 Å². The summed E-state index contributed by atoms with van der Waals surface area (Å²) in [5, 5.41) is 9.63. The molecule has 86 valence electrons. The zero-order valence-corrected chi connectivity index (χ0v) is 9.30. The minimum absolute atomic E-state index is 0.345. The van der Waals surface area contributed by atoms with E-state index < -0.39 is 12.1 Å².